The normalized spacial score (nSPS) is 15.7. The number of hydrogen-bond donors (Lipinski definition) is 1. The van der Waals surface area contributed by atoms with E-state index in [2.05, 4.69) is 0 Å². The second-order valence-electron chi connectivity index (χ2n) is 3.88. The van der Waals surface area contributed by atoms with E-state index in [1.807, 2.05) is 12.1 Å². The maximum atomic E-state index is 9.36. The summed E-state index contributed by atoms with van der Waals surface area (Å²) in [5.74, 6) is 2.01. The molecule has 0 unspecified atom stereocenters. The van der Waals surface area contributed by atoms with E-state index in [0.717, 1.165) is 5.56 Å². The fraction of sp³-hybridized carbons (Fsp3) is 0.500. The molecule has 0 fully saturated rings. The highest BCUT2D eigenvalue weighted by Gasteiger charge is 2.18. The van der Waals surface area contributed by atoms with Crippen molar-refractivity contribution in [2.24, 2.45) is 0 Å². The van der Waals surface area contributed by atoms with E-state index in [0.29, 0.717) is 36.9 Å². The molecular weight excluding hydrogens is 208 g/mol. The van der Waals surface area contributed by atoms with Gasteiger partial charge in [0.05, 0.1) is 13.2 Å². The standard InChI is InChI=1S/C12H16O4/c1-8(13)5-9-6-10(14-2)12-11(7-9)15-3-4-16-12/h6-8,13H,3-5H2,1-2H3/t8-/m0/s1. The fourth-order valence-corrected chi connectivity index (χ4v) is 1.79. The average molecular weight is 224 g/mol. The first kappa shape index (κ1) is 11.1. The lowest BCUT2D eigenvalue weighted by Gasteiger charge is -2.21. The van der Waals surface area contributed by atoms with E-state index in [1.54, 1.807) is 14.0 Å². The van der Waals surface area contributed by atoms with Gasteiger partial charge in [-0.05, 0) is 31.0 Å². The van der Waals surface area contributed by atoms with Crippen molar-refractivity contribution < 1.29 is 19.3 Å². The number of benzene rings is 1. The predicted molar refractivity (Wildman–Crippen MR) is 59.4 cm³/mol. The lowest BCUT2D eigenvalue weighted by Crippen LogP contribution is -2.16. The Morgan fingerprint density at radius 3 is 2.81 bits per heavy atom. The Morgan fingerprint density at radius 1 is 1.38 bits per heavy atom. The van der Waals surface area contributed by atoms with Gasteiger partial charge in [-0.15, -0.1) is 0 Å². The molecule has 88 valence electrons. The highest BCUT2D eigenvalue weighted by Crippen LogP contribution is 2.40. The number of hydrogen-bond acceptors (Lipinski definition) is 4. The molecule has 0 spiro atoms. The van der Waals surface area contributed by atoms with Crippen molar-refractivity contribution in [3.63, 3.8) is 0 Å². The summed E-state index contributed by atoms with van der Waals surface area (Å²) in [5, 5.41) is 9.36. The Hall–Kier alpha value is -1.42. The van der Waals surface area contributed by atoms with Crippen LogP contribution in [0.15, 0.2) is 12.1 Å². The summed E-state index contributed by atoms with van der Waals surface area (Å²) in [5.41, 5.74) is 0.983. The van der Waals surface area contributed by atoms with Crippen molar-refractivity contribution in [3.05, 3.63) is 17.7 Å². The van der Waals surface area contributed by atoms with Gasteiger partial charge in [0.25, 0.3) is 0 Å². The Kier molecular flexibility index (Phi) is 3.19. The summed E-state index contributed by atoms with van der Waals surface area (Å²) in [6.07, 6.45) is 0.194. The summed E-state index contributed by atoms with van der Waals surface area (Å²) in [6.45, 7) is 2.84. The molecule has 0 saturated carbocycles. The van der Waals surface area contributed by atoms with Gasteiger partial charge >= 0.3 is 0 Å². The minimum Gasteiger partial charge on any atom is -0.493 e. The molecule has 4 nitrogen and oxygen atoms in total. The summed E-state index contributed by atoms with van der Waals surface area (Å²) < 4.78 is 16.2. The largest absolute Gasteiger partial charge is 0.493 e. The minimum absolute atomic E-state index is 0.382. The molecule has 0 radical (unpaired) electrons. The summed E-state index contributed by atoms with van der Waals surface area (Å²) in [6, 6.07) is 3.77. The lowest BCUT2D eigenvalue weighted by molar-refractivity contribution is 0.164. The third-order valence-corrected chi connectivity index (χ3v) is 2.42. The van der Waals surface area contributed by atoms with Gasteiger partial charge in [-0.2, -0.15) is 0 Å². The van der Waals surface area contributed by atoms with Crippen LogP contribution in [0.3, 0.4) is 0 Å². The monoisotopic (exact) mass is 224 g/mol. The number of rotatable bonds is 3. The summed E-state index contributed by atoms with van der Waals surface area (Å²) in [4.78, 5) is 0. The smallest absolute Gasteiger partial charge is 0.203 e. The van der Waals surface area contributed by atoms with E-state index in [-0.39, 0.29) is 6.10 Å². The highest BCUT2D eigenvalue weighted by molar-refractivity contribution is 5.54. The van der Waals surface area contributed by atoms with Crippen molar-refractivity contribution in [1.29, 1.82) is 0 Å². The number of aliphatic hydroxyl groups excluding tert-OH is 1. The quantitative estimate of drug-likeness (QED) is 0.842. The lowest BCUT2D eigenvalue weighted by atomic mass is 10.1. The SMILES string of the molecule is COc1cc(C[C@H](C)O)cc2c1OCCO2. The molecule has 1 aromatic rings. The van der Waals surface area contributed by atoms with Crippen LogP contribution in [0.1, 0.15) is 12.5 Å². The topological polar surface area (TPSA) is 47.9 Å². The molecule has 4 heteroatoms. The minimum atomic E-state index is -0.382. The molecule has 0 saturated heterocycles. The summed E-state index contributed by atoms with van der Waals surface area (Å²) in [7, 11) is 1.60. The molecule has 0 aromatic heterocycles. The maximum absolute atomic E-state index is 9.36. The Morgan fingerprint density at radius 2 is 2.12 bits per heavy atom. The molecule has 1 aliphatic rings. The first-order chi connectivity index (χ1) is 7.70. The van der Waals surface area contributed by atoms with Gasteiger partial charge in [0.15, 0.2) is 11.5 Å². The number of aliphatic hydroxyl groups is 1. The first-order valence-electron chi connectivity index (χ1n) is 5.35. The van der Waals surface area contributed by atoms with E-state index in [4.69, 9.17) is 14.2 Å². The zero-order valence-electron chi connectivity index (χ0n) is 9.53. The Balaban J connectivity index is 2.35. The van der Waals surface area contributed by atoms with E-state index in [9.17, 15) is 5.11 Å². The van der Waals surface area contributed by atoms with Crippen LogP contribution in [0.25, 0.3) is 0 Å². The van der Waals surface area contributed by atoms with Crippen LogP contribution in [0.5, 0.6) is 17.2 Å². The van der Waals surface area contributed by atoms with Gasteiger partial charge in [0.2, 0.25) is 5.75 Å². The molecule has 1 aromatic carbocycles. The third-order valence-electron chi connectivity index (χ3n) is 2.42. The van der Waals surface area contributed by atoms with Crippen molar-refractivity contribution in [3.8, 4) is 17.2 Å². The predicted octanol–water partition coefficient (Wildman–Crippen LogP) is 1.39. The van der Waals surface area contributed by atoms with E-state index >= 15 is 0 Å². The van der Waals surface area contributed by atoms with Crippen molar-refractivity contribution in [2.45, 2.75) is 19.4 Å². The molecule has 0 amide bonds. The second kappa shape index (κ2) is 4.61. The average Bonchev–Trinajstić information content (AvgIpc) is 2.27. The first-order valence-corrected chi connectivity index (χ1v) is 5.35. The second-order valence-corrected chi connectivity index (χ2v) is 3.88. The zero-order chi connectivity index (χ0) is 11.5. The molecule has 1 aliphatic heterocycles. The van der Waals surface area contributed by atoms with Gasteiger partial charge < -0.3 is 19.3 Å². The molecule has 16 heavy (non-hydrogen) atoms. The third kappa shape index (κ3) is 2.22. The van der Waals surface area contributed by atoms with Crippen molar-refractivity contribution in [2.75, 3.05) is 20.3 Å². The van der Waals surface area contributed by atoms with Crippen LogP contribution in [-0.2, 0) is 6.42 Å². The Labute approximate surface area is 94.8 Å². The molecule has 2 rings (SSSR count). The number of ether oxygens (including phenoxy) is 3. The number of fused-ring (bicyclic) bond motifs is 1. The fourth-order valence-electron chi connectivity index (χ4n) is 1.79. The van der Waals surface area contributed by atoms with Crippen LogP contribution in [0.2, 0.25) is 0 Å². The molecule has 1 heterocycles. The maximum Gasteiger partial charge on any atom is 0.203 e. The molecule has 0 bridgehead atoms. The van der Waals surface area contributed by atoms with Crippen LogP contribution >= 0.6 is 0 Å². The molecular formula is C12H16O4. The van der Waals surface area contributed by atoms with Crippen LogP contribution in [0, 0.1) is 0 Å². The van der Waals surface area contributed by atoms with E-state index in [1.165, 1.54) is 0 Å². The van der Waals surface area contributed by atoms with E-state index < -0.39 is 0 Å². The van der Waals surface area contributed by atoms with Crippen molar-refractivity contribution >= 4 is 0 Å². The van der Waals surface area contributed by atoms with Crippen LogP contribution in [0.4, 0.5) is 0 Å². The molecule has 1 N–H and O–H groups in total. The van der Waals surface area contributed by atoms with Gasteiger partial charge in [0.1, 0.15) is 13.2 Å². The van der Waals surface area contributed by atoms with Crippen molar-refractivity contribution in [1.82, 2.24) is 0 Å². The van der Waals surface area contributed by atoms with Gasteiger partial charge in [0, 0.05) is 0 Å². The van der Waals surface area contributed by atoms with Crippen LogP contribution < -0.4 is 14.2 Å². The Bertz CT molecular complexity index is 356. The van der Waals surface area contributed by atoms with Crippen LogP contribution in [-0.4, -0.2) is 31.5 Å². The van der Waals surface area contributed by atoms with Gasteiger partial charge in [-0.25, -0.2) is 0 Å². The summed E-state index contributed by atoms with van der Waals surface area (Å²) >= 11 is 0. The molecule has 0 aliphatic carbocycles. The zero-order valence-corrected chi connectivity index (χ0v) is 9.53. The molecule has 1 atom stereocenters. The number of methoxy groups -OCH3 is 1. The van der Waals surface area contributed by atoms with Gasteiger partial charge in [-0.1, -0.05) is 0 Å². The van der Waals surface area contributed by atoms with Gasteiger partial charge in [-0.3, -0.25) is 0 Å². The highest BCUT2D eigenvalue weighted by atomic mass is 16.6.